The van der Waals surface area contributed by atoms with Crippen LogP contribution in [0.5, 0.6) is 0 Å². The fourth-order valence-electron chi connectivity index (χ4n) is 1.90. The summed E-state index contributed by atoms with van der Waals surface area (Å²) >= 11 is 0. The predicted octanol–water partition coefficient (Wildman–Crippen LogP) is 3.72. The van der Waals surface area contributed by atoms with E-state index in [1.807, 2.05) is 0 Å². The van der Waals surface area contributed by atoms with Gasteiger partial charge < -0.3 is 10.4 Å². The predicted molar refractivity (Wildman–Crippen MR) is 71.8 cm³/mol. The van der Waals surface area contributed by atoms with Crippen molar-refractivity contribution in [3.05, 3.63) is 64.5 Å². The molecule has 0 aliphatic rings. The van der Waals surface area contributed by atoms with Crippen molar-refractivity contribution in [2.24, 2.45) is 0 Å². The molecular formula is C15H12F3NO2. The van der Waals surface area contributed by atoms with Crippen molar-refractivity contribution in [3.8, 4) is 0 Å². The highest BCUT2D eigenvalue weighted by Crippen LogP contribution is 2.21. The Hall–Kier alpha value is -2.50. The van der Waals surface area contributed by atoms with Crippen molar-refractivity contribution in [1.82, 2.24) is 0 Å². The summed E-state index contributed by atoms with van der Waals surface area (Å²) in [5.41, 5.74) is 0.646. The highest BCUT2D eigenvalue weighted by Gasteiger charge is 2.15. The van der Waals surface area contributed by atoms with Crippen molar-refractivity contribution in [2.45, 2.75) is 13.5 Å². The highest BCUT2D eigenvalue weighted by molar-refractivity contribution is 5.89. The van der Waals surface area contributed by atoms with Crippen LogP contribution in [0.1, 0.15) is 21.5 Å². The zero-order valence-electron chi connectivity index (χ0n) is 11.1. The molecule has 2 aromatic rings. The van der Waals surface area contributed by atoms with Crippen molar-refractivity contribution in [3.63, 3.8) is 0 Å². The summed E-state index contributed by atoms with van der Waals surface area (Å²) in [5, 5.41) is 11.5. The lowest BCUT2D eigenvalue weighted by molar-refractivity contribution is 0.0692. The van der Waals surface area contributed by atoms with Crippen LogP contribution in [0.15, 0.2) is 30.3 Å². The normalized spacial score (nSPS) is 10.5. The summed E-state index contributed by atoms with van der Waals surface area (Å²) < 4.78 is 39.8. The molecule has 2 aromatic carbocycles. The van der Waals surface area contributed by atoms with Gasteiger partial charge in [0.05, 0.1) is 11.3 Å². The van der Waals surface area contributed by atoms with Gasteiger partial charge >= 0.3 is 5.97 Å². The van der Waals surface area contributed by atoms with Crippen LogP contribution in [0.4, 0.5) is 18.9 Å². The molecule has 0 aliphatic carbocycles. The number of anilines is 1. The van der Waals surface area contributed by atoms with Gasteiger partial charge in [-0.1, -0.05) is 6.07 Å². The Balaban J connectivity index is 2.23. The molecule has 110 valence electrons. The van der Waals surface area contributed by atoms with Gasteiger partial charge in [-0.2, -0.15) is 0 Å². The van der Waals surface area contributed by atoms with Crippen LogP contribution in [0.3, 0.4) is 0 Å². The minimum atomic E-state index is -1.48. The minimum Gasteiger partial charge on any atom is -0.478 e. The fraction of sp³-hybridized carbons (Fsp3) is 0.133. The third-order valence-electron chi connectivity index (χ3n) is 3.06. The first kappa shape index (κ1) is 14.9. The number of hydrogen-bond acceptors (Lipinski definition) is 2. The summed E-state index contributed by atoms with van der Waals surface area (Å²) in [6, 6.07) is 5.56. The minimum absolute atomic E-state index is 0.127. The average Bonchev–Trinajstić information content (AvgIpc) is 2.39. The number of benzene rings is 2. The number of aryl methyl sites for hydroxylation is 1. The molecule has 6 heteroatoms. The van der Waals surface area contributed by atoms with Gasteiger partial charge in [0.25, 0.3) is 0 Å². The highest BCUT2D eigenvalue weighted by atomic mass is 19.1. The van der Waals surface area contributed by atoms with Gasteiger partial charge in [-0.15, -0.1) is 0 Å². The van der Waals surface area contributed by atoms with Crippen LogP contribution in [-0.2, 0) is 6.54 Å². The molecule has 0 saturated heterocycles. The van der Waals surface area contributed by atoms with Gasteiger partial charge in [-0.3, -0.25) is 0 Å². The largest absolute Gasteiger partial charge is 0.478 e. The van der Waals surface area contributed by atoms with Crippen LogP contribution >= 0.6 is 0 Å². The maximum atomic E-state index is 13.6. The van der Waals surface area contributed by atoms with E-state index in [0.717, 1.165) is 11.6 Å². The standard InChI is InChI=1S/C15H12F3NO2/c1-8-4-10(16)3-2-9(8)7-19-14-5-11(15(20)21)12(17)6-13(14)18/h2-6,19H,7H2,1H3,(H,20,21). The first-order valence-corrected chi connectivity index (χ1v) is 6.09. The zero-order chi connectivity index (χ0) is 15.6. The van der Waals surface area contributed by atoms with Crippen molar-refractivity contribution in [1.29, 1.82) is 0 Å². The van der Waals surface area contributed by atoms with E-state index in [1.54, 1.807) is 6.92 Å². The van der Waals surface area contributed by atoms with Gasteiger partial charge in [0.15, 0.2) is 0 Å². The summed E-state index contributed by atoms with van der Waals surface area (Å²) in [6.45, 7) is 1.86. The lowest BCUT2D eigenvalue weighted by Gasteiger charge is -2.11. The van der Waals surface area contributed by atoms with Crippen LogP contribution in [0, 0.1) is 24.4 Å². The molecule has 0 heterocycles. The smallest absolute Gasteiger partial charge is 0.338 e. The van der Waals surface area contributed by atoms with Crippen LogP contribution in [0.2, 0.25) is 0 Å². The Bertz CT molecular complexity index is 702. The SMILES string of the molecule is Cc1cc(F)ccc1CNc1cc(C(=O)O)c(F)cc1F. The van der Waals surface area contributed by atoms with E-state index in [2.05, 4.69) is 5.32 Å². The van der Waals surface area contributed by atoms with Crippen LogP contribution in [-0.4, -0.2) is 11.1 Å². The topological polar surface area (TPSA) is 49.3 Å². The molecule has 0 bridgehead atoms. The molecule has 2 rings (SSSR count). The van der Waals surface area contributed by atoms with E-state index in [-0.39, 0.29) is 18.0 Å². The summed E-state index contributed by atoms with van der Waals surface area (Å²) in [7, 11) is 0. The molecule has 0 atom stereocenters. The molecule has 0 saturated carbocycles. The quantitative estimate of drug-likeness (QED) is 0.903. The molecule has 0 radical (unpaired) electrons. The lowest BCUT2D eigenvalue weighted by atomic mass is 10.1. The van der Waals surface area contributed by atoms with Crippen molar-refractivity contribution < 1.29 is 23.1 Å². The van der Waals surface area contributed by atoms with Crippen LogP contribution < -0.4 is 5.32 Å². The molecule has 0 aromatic heterocycles. The maximum Gasteiger partial charge on any atom is 0.338 e. The van der Waals surface area contributed by atoms with Crippen molar-refractivity contribution >= 4 is 11.7 Å². The van der Waals surface area contributed by atoms with E-state index in [0.29, 0.717) is 11.6 Å². The van der Waals surface area contributed by atoms with Gasteiger partial charge in [-0.25, -0.2) is 18.0 Å². The average molecular weight is 295 g/mol. The van der Waals surface area contributed by atoms with E-state index in [9.17, 15) is 18.0 Å². The number of nitrogens with one attached hydrogen (secondary N) is 1. The van der Waals surface area contributed by atoms with E-state index >= 15 is 0 Å². The second-order valence-electron chi connectivity index (χ2n) is 4.54. The molecular weight excluding hydrogens is 283 g/mol. The van der Waals surface area contributed by atoms with Gasteiger partial charge in [0.1, 0.15) is 17.5 Å². The van der Waals surface area contributed by atoms with Crippen LogP contribution in [0.25, 0.3) is 0 Å². The maximum absolute atomic E-state index is 13.6. The first-order valence-electron chi connectivity index (χ1n) is 6.09. The second-order valence-corrected chi connectivity index (χ2v) is 4.54. The fourth-order valence-corrected chi connectivity index (χ4v) is 1.90. The third kappa shape index (κ3) is 3.34. The molecule has 0 spiro atoms. The Morgan fingerprint density at radius 2 is 1.86 bits per heavy atom. The number of aromatic carboxylic acids is 1. The molecule has 0 unspecified atom stereocenters. The van der Waals surface area contributed by atoms with Crippen molar-refractivity contribution in [2.75, 3.05) is 5.32 Å². The molecule has 0 aliphatic heterocycles. The number of rotatable bonds is 4. The number of carboxylic acids is 1. The van der Waals surface area contributed by atoms with E-state index in [4.69, 9.17) is 5.11 Å². The zero-order valence-corrected chi connectivity index (χ0v) is 11.1. The molecule has 21 heavy (non-hydrogen) atoms. The molecule has 0 fully saturated rings. The van der Waals surface area contributed by atoms with E-state index in [1.165, 1.54) is 18.2 Å². The Morgan fingerprint density at radius 3 is 2.48 bits per heavy atom. The Morgan fingerprint density at radius 1 is 1.14 bits per heavy atom. The summed E-state index contributed by atoms with van der Waals surface area (Å²) in [6.07, 6.45) is 0. The number of carboxylic acid groups (broad SMARTS) is 1. The van der Waals surface area contributed by atoms with Gasteiger partial charge in [0, 0.05) is 12.6 Å². The van der Waals surface area contributed by atoms with E-state index < -0.39 is 23.2 Å². The molecule has 3 nitrogen and oxygen atoms in total. The number of carbonyl (C=O) groups is 1. The number of halogens is 3. The first-order chi connectivity index (χ1) is 9.88. The second kappa shape index (κ2) is 5.87. The van der Waals surface area contributed by atoms with Gasteiger partial charge in [0.2, 0.25) is 0 Å². The summed E-state index contributed by atoms with van der Waals surface area (Å²) in [4.78, 5) is 10.8. The van der Waals surface area contributed by atoms with Gasteiger partial charge in [-0.05, 0) is 36.2 Å². The lowest BCUT2D eigenvalue weighted by Crippen LogP contribution is -2.07. The number of hydrogen-bond donors (Lipinski definition) is 2. The Kier molecular flexibility index (Phi) is 4.16. The molecule has 2 N–H and O–H groups in total. The molecule has 0 amide bonds. The summed E-state index contributed by atoms with van der Waals surface area (Å²) in [5.74, 6) is -3.88. The third-order valence-corrected chi connectivity index (χ3v) is 3.06. The Labute approximate surface area is 119 Å². The monoisotopic (exact) mass is 295 g/mol.